The number of aliphatic imine (C=N–C) groups is 1. The van der Waals surface area contributed by atoms with E-state index in [1.165, 1.54) is 7.05 Å². The van der Waals surface area contributed by atoms with Gasteiger partial charge in [0.1, 0.15) is 0 Å². The van der Waals surface area contributed by atoms with Crippen LogP contribution < -0.4 is 11.1 Å². The number of ketones is 1. The summed E-state index contributed by atoms with van der Waals surface area (Å²) >= 11 is 0. The van der Waals surface area contributed by atoms with Gasteiger partial charge in [0.25, 0.3) is 0 Å². The highest BCUT2D eigenvalue weighted by Gasteiger charge is 2.21. The van der Waals surface area contributed by atoms with Crippen molar-refractivity contribution in [3.63, 3.8) is 0 Å². The first-order chi connectivity index (χ1) is 5.54. The lowest BCUT2D eigenvalue weighted by atomic mass is 9.98. The van der Waals surface area contributed by atoms with Crippen LogP contribution in [-0.2, 0) is 4.79 Å². The molecule has 2 atom stereocenters. The predicted molar refractivity (Wildman–Crippen MR) is 50.2 cm³/mol. The van der Waals surface area contributed by atoms with Crippen LogP contribution in [0.25, 0.3) is 0 Å². The van der Waals surface area contributed by atoms with Crippen molar-refractivity contribution in [3.8, 4) is 0 Å². The quantitative estimate of drug-likeness (QED) is 0.454. The predicted octanol–water partition coefficient (Wildman–Crippen LogP) is -0.213. The minimum Gasteiger partial charge on any atom is -0.381 e. The van der Waals surface area contributed by atoms with Crippen LogP contribution in [0.1, 0.15) is 13.8 Å². The minimum absolute atomic E-state index is 0.0978. The molecule has 0 aliphatic rings. The maximum atomic E-state index is 11.4. The van der Waals surface area contributed by atoms with Gasteiger partial charge in [0.15, 0.2) is 5.84 Å². The molecule has 3 N–H and O–H groups in total. The fraction of sp³-hybridized carbons (Fsp3) is 0.750. The molecule has 0 saturated carbocycles. The summed E-state index contributed by atoms with van der Waals surface area (Å²) in [6, 6.07) is 0.123. The van der Waals surface area contributed by atoms with Gasteiger partial charge < -0.3 is 11.1 Å². The zero-order chi connectivity index (χ0) is 9.72. The summed E-state index contributed by atoms with van der Waals surface area (Å²) in [5, 5.41) is 2.99. The number of hydrogen-bond acceptors (Lipinski definition) is 3. The average Bonchev–Trinajstić information content (AvgIpc) is 2.12. The molecule has 0 radical (unpaired) electrons. The molecule has 0 aliphatic carbocycles. The van der Waals surface area contributed by atoms with Crippen LogP contribution >= 0.6 is 0 Å². The van der Waals surface area contributed by atoms with Crippen molar-refractivity contribution in [3.05, 3.63) is 0 Å². The second-order valence-electron chi connectivity index (χ2n) is 2.84. The van der Waals surface area contributed by atoms with Crippen molar-refractivity contribution in [1.82, 2.24) is 5.32 Å². The number of Topliss-reactive ketones (excluding diaryl/α,β-unsaturated/α-hetero) is 1. The highest BCUT2D eigenvalue weighted by molar-refractivity contribution is 6.39. The average molecular weight is 171 g/mol. The van der Waals surface area contributed by atoms with Gasteiger partial charge in [0.05, 0.1) is 0 Å². The molecule has 2 unspecified atom stereocenters. The Balaban J connectivity index is 4.29. The van der Waals surface area contributed by atoms with Crippen LogP contribution in [0.4, 0.5) is 0 Å². The van der Waals surface area contributed by atoms with Crippen LogP contribution in [0.15, 0.2) is 4.99 Å². The van der Waals surface area contributed by atoms with E-state index in [0.717, 1.165) is 0 Å². The summed E-state index contributed by atoms with van der Waals surface area (Å²) in [7, 11) is 3.33. The highest BCUT2D eigenvalue weighted by Crippen LogP contribution is 2.03. The van der Waals surface area contributed by atoms with Gasteiger partial charge in [0, 0.05) is 19.0 Å². The summed E-state index contributed by atoms with van der Waals surface area (Å²) < 4.78 is 0. The van der Waals surface area contributed by atoms with Crippen LogP contribution in [0.3, 0.4) is 0 Å². The highest BCUT2D eigenvalue weighted by atomic mass is 16.1. The van der Waals surface area contributed by atoms with Crippen molar-refractivity contribution < 1.29 is 4.79 Å². The smallest absolute Gasteiger partial charge is 0.201 e. The Morgan fingerprint density at radius 3 is 2.33 bits per heavy atom. The van der Waals surface area contributed by atoms with E-state index in [1.54, 1.807) is 0 Å². The molecular weight excluding hydrogens is 154 g/mol. The summed E-state index contributed by atoms with van der Waals surface area (Å²) in [5.74, 6) is -0.123. The second-order valence-corrected chi connectivity index (χ2v) is 2.84. The van der Waals surface area contributed by atoms with Gasteiger partial charge in [-0.2, -0.15) is 0 Å². The third-order valence-corrected chi connectivity index (χ3v) is 2.11. The molecule has 0 heterocycles. The first kappa shape index (κ1) is 11.1. The first-order valence-electron chi connectivity index (χ1n) is 3.98. The molecule has 0 aliphatic heterocycles. The third kappa shape index (κ3) is 2.62. The van der Waals surface area contributed by atoms with E-state index in [1.807, 2.05) is 20.9 Å². The number of hydrogen-bond donors (Lipinski definition) is 2. The molecule has 0 amide bonds. The van der Waals surface area contributed by atoms with Crippen molar-refractivity contribution >= 4 is 11.6 Å². The second kappa shape index (κ2) is 4.87. The van der Waals surface area contributed by atoms with Gasteiger partial charge in [-0.1, -0.05) is 6.92 Å². The molecule has 0 fully saturated rings. The molecule has 0 rings (SSSR count). The Labute approximate surface area is 73.2 Å². The summed E-state index contributed by atoms with van der Waals surface area (Å²) in [6.45, 7) is 3.77. The van der Waals surface area contributed by atoms with E-state index in [9.17, 15) is 4.79 Å². The van der Waals surface area contributed by atoms with Gasteiger partial charge in [-0.15, -0.1) is 0 Å². The number of amidine groups is 1. The van der Waals surface area contributed by atoms with Crippen molar-refractivity contribution in [2.24, 2.45) is 16.6 Å². The molecule has 0 aromatic carbocycles. The van der Waals surface area contributed by atoms with Gasteiger partial charge in [-0.25, -0.2) is 0 Å². The van der Waals surface area contributed by atoms with E-state index in [0.29, 0.717) is 0 Å². The minimum atomic E-state index is -0.126. The largest absolute Gasteiger partial charge is 0.381 e. The van der Waals surface area contributed by atoms with E-state index >= 15 is 0 Å². The fourth-order valence-corrected chi connectivity index (χ4v) is 0.821. The summed E-state index contributed by atoms with van der Waals surface area (Å²) in [5.41, 5.74) is 5.38. The molecule has 0 aromatic rings. The summed E-state index contributed by atoms with van der Waals surface area (Å²) in [4.78, 5) is 15.0. The van der Waals surface area contributed by atoms with Gasteiger partial charge in [-0.05, 0) is 14.0 Å². The molecule has 4 heteroatoms. The van der Waals surface area contributed by atoms with Crippen LogP contribution in [0.2, 0.25) is 0 Å². The van der Waals surface area contributed by atoms with Crippen LogP contribution in [0.5, 0.6) is 0 Å². The molecule has 0 aromatic heterocycles. The van der Waals surface area contributed by atoms with E-state index in [4.69, 9.17) is 5.73 Å². The third-order valence-electron chi connectivity index (χ3n) is 2.11. The Bertz CT molecular complexity index is 189. The molecule has 0 bridgehead atoms. The number of nitrogens with zero attached hydrogens (tertiary/aromatic N) is 1. The molecule has 70 valence electrons. The van der Waals surface area contributed by atoms with E-state index in [-0.39, 0.29) is 23.6 Å². The lowest BCUT2D eigenvalue weighted by Crippen LogP contribution is -2.39. The Hall–Kier alpha value is -0.900. The summed E-state index contributed by atoms with van der Waals surface area (Å²) in [6.07, 6.45) is 0. The number of rotatable bonds is 4. The number of carbonyl (C=O) groups is 1. The molecule has 12 heavy (non-hydrogen) atoms. The Kier molecular flexibility index (Phi) is 4.51. The molecular formula is C8H17N3O. The zero-order valence-electron chi connectivity index (χ0n) is 8.09. The lowest BCUT2D eigenvalue weighted by molar-refractivity contribution is -0.116. The Morgan fingerprint density at radius 2 is 2.00 bits per heavy atom. The molecule has 0 spiro atoms. The zero-order valence-corrected chi connectivity index (χ0v) is 8.09. The van der Waals surface area contributed by atoms with Gasteiger partial charge in [-0.3, -0.25) is 9.79 Å². The maximum absolute atomic E-state index is 11.4. The SMILES string of the molecule is CN=C(N)C(=O)C(C)C(C)NC. The topological polar surface area (TPSA) is 67.5 Å². The van der Waals surface area contributed by atoms with Crippen molar-refractivity contribution in [2.45, 2.75) is 19.9 Å². The van der Waals surface area contributed by atoms with Crippen LogP contribution in [0, 0.1) is 5.92 Å². The standard InChI is InChI=1S/C8H17N3O/c1-5(6(2)10-3)7(12)8(9)11-4/h5-6,10H,1-4H3,(H2,9,11). The van der Waals surface area contributed by atoms with E-state index < -0.39 is 0 Å². The fourth-order valence-electron chi connectivity index (χ4n) is 0.821. The van der Waals surface area contributed by atoms with Crippen molar-refractivity contribution in [1.29, 1.82) is 0 Å². The molecule has 4 nitrogen and oxygen atoms in total. The van der Waals surface area contributed by atoms with Gasteiger partial charge >= 0.3 is 0 Å². The maximum Gasteiger partial charge on any atom is 0.201 e. The van der Waals surface area contributed by atoms with Gasteiger partial charge in [0.2, 0.25) is 5.78 Å². The normalized spacial score (nSPS) is 17.2. The molecule has 0 saturated heterocycles. The number of nitrogens with two attached hydrogens (primary N) is 1. The van der Waals surface area contributed by atoms with Crippen LogP contribution in [-0.4, -0.2) is 31.8 Å². The monoisotopic (exact) mass is 171 g/mol. The number of nitrogens with one attached hydrogen (secondary N) is 1. The first-order valence-corrected chi connectivity index (χ1v) is 3.98. The Morgan fingerprint density at radius 1 is 1.50 bits per heavy atom. The number of carbonyl (C=O) groups excluding carboxylic acids is 1. The lowest BCUT2D eigenvalue weighted by Gasteiger charge is -2.17. The van der Waals surface area contributed by atoms with Crippen molar-refractivity contribution in [2.75, 3.05) is 14.1 Å². The van der Waals surface area contributed by atoms with E-state index in [2.05, 4.69) is 10.3 Å².